The summed E-state index contributed by atoms with van der Waals surface area (Å²) in [6, 6.07) is 11.5. The highest BCUT2D eigenvalue weighted by Gasteiger charge is 2.32. The van der Waals surface area contributed by atoms with Gasteiger partial charge in [-0.1, -0.05) is 37.3 Å². The Morgan fingerprint density at radius 2 is 1.92 bits per heavy atom. The third-order valence-electron chi connectivity index (χ3n) is 4.57. The van der Waals surface area contributed by atoms with Gasteiger partial charge in [-0.25, -0.2) is 0 Å². The second-order valence-corrected chi connectivity index (χ2v) is 6.35. The second-order valence-electron chi connectivity index (χ2n) is 6.35. The third kappa shape index (κ3) is 3.73. The lowest BCUT2D eigenvalue weighted by Gasteiger charge is -2.41. The van der Waals surface area contributed by atoms with Gasteiger partial charge in [0.15, 0.2) is 0 Å². The van der Waals surface area contributed by atoms with E-state index in [0.717, 1.165) is 18.5 Å². The Morgan fingerprint density at radius 3 is 2.60 bits per heavy atom. The van der Waals surface area contributed by atoms with Crippen LogP contribution in [0.1, 0.15) is 42.4 Å². The van der Waals surface area contributed by atoms with Gasteiger partial charge in [0.25, 0.3) is 5.91 Å². The van der Waals surface area contributed by atoms with E-state index in [1.807, 2.05) is 41.4 Å². The van der Waals surface area contributed by atoms with Gasteiger partial charge in [0.1, 0.15) is 5.69 Å². The van der Waals surface area contributed by atoms with E-state index in [9.17, 15) is 9.59 Å². The van der Waals surface area contributed by atoms with Crippen molar-refractivity contribution in [3.05, 3.63) is 53.9 Å². The second kappa shape index (κ2) is 7.51. The van der Waals surface area contributed by atoms with Gasteiger partial charge >= 0.3 is 0 Å². The fraction of sp³-hybridized carbons (Fsp3) is 0.421. The third-order valence-corrected chi connectivity index (χ3v) is 4.57. The van der Waals surface area contributed by atoms with Gasteiger partial charge in [-0.3, -0.25) is 14.3 Å². The van der Waals surface area contributed by atoms with Crippen LogP contribution in [-0.4, -0.2) is 51.0 Å². The van der Waals surface area contributed by atoms with Gasteiger partial charge in [-0.05, 0) is 18.1 Å². The van der Waals surface area contributed by atoms with Crippen LogP contribution >= 0.6 is 0 Å². The van der Waals surface area contributed by atoms with Gasteiger partial charge in [0.05, 0.1) is 6.04 Å². The van der Waals surface area contributed by atoms with Crippen molar-refractivity contribution in [1.29, 1.82) is 0 Å². The molecular formula is C19H24N4O2. The summed E-state index contributed by atoms with van der Waals surface area (Å²) < 4.78 is 1.80. The maximum Gasteiger partial charge on any atom is 0.274 e. The van der Waals surface area contributed by atoms with Crippen molar-refractivity contribution in [2.24, 2.45) is 0 Å². The van der Waals surface area contributed by atoms with E-state index < -0.39 is 0 Å². The molecule has 6 nitrogen and oxygen atoms in total. The molecule has 1 aliphatic heterocycles. The molecule has 0 spiro atoms. The van der Waals surface area contributed by atoms with Crippen molar-refractivity contribution in [2.75, 3.05) is 19.6 Å². The molecule has 2 amide bonds. The minimum atomic E-state index is -0.117. The van der Waals surface area contributed by atoms with Gasteiger partial charge in [-0.2, -0.15) is 5.10 Å². The Kier molecular flexibility index (Phi) is 5.16. The quantitative estimate of drug-likeness (QED) is 0.858. The lowest BCUT2D eigenvalue weighted by atomic mass is 10.0. The zero-order valence-electron chi connectivity index (χ0n) is 14.8. The molecule has 1 fully saturated rings. The molecule has 2 heterocycles. The molecule has 6 heteroatoms. The van der Waals surface area contributed by atoms with Crippen LogP contribution in [0.3, 0.4) is 0 Å². The molecule has 2 aromatic rings. The van der Waals surface area contributed by atoms with E-state index in [2.05, 4.69) is 12.0 Å². The molecule has 1 aliphatic rings. The highest BCUT2D eigenvalue weighted by molar-refractivity contribution is 5.92. The molecule has 25 heavy (non-hydrogen) atoms. The Balaban J connectivity index is 1.79. The standard InChI is InChI=1S/C19H24N4O2/c1-3-10-22-11-9-17(20-22)19(25)21-12-13-23(15(2)24)18(14-21)16-7-5-4-6-8-16/h4-9,11,18H,3,10,12-14H2,1-2H3/t18-/m1/s1. The first-order valence-corrected chi connectivity index (χ1v) is 8.75. The monoisotopic (exact) mass is 340 g/mol. The van der Waals surface area contributed by atoms with Crippen LogP contribution in [0, 0.1) is 0 Å². The van der Waals surface area contributed by atoms with E-state index in [0.29, 0.717) is 25.3 Å². The summed E-state index contributed by atoms with van der Waals surface area (Å²) >= 11 is 0. The fourth-order valence-electron chi connectivity index (χ4n) is 3.30. The zero-order valence-corrected chi connectivity index (χ0v) is 14.8. The molecule has 0 aliphatic carbocycles. The van der Waals surface area contributed by atoms with Gasteiger partial charge < -0.3 is 9.80 Å². The van der Waals surface area contributed by atoms with Gasteiger partial charge in [-0.15, -0.1) is 0 Å². The largest absolute Gasteiger partial charge is 0.333 e. The van der Waals surface area contributed by atoms with Crippen LogP contribution in [0.4, 0.5) is 0 Å². The van der Waals surface area contributed by atoms with Crippen molar-refractivity contribution in [3.63, 3.8) is 0 Å². The maximum atomic E-state index is 12.8. The van der Waals surface area contributed by atoms with Crippen molar-refractivity contribution >= 4 is 11.8 Å². The van der Waals surface area contributed by atoms with Crippen molar-refractivity contribution in [3.8, 4) is 0 Å². The van der Waals surface area contributed by atoms with Crippen LogP contribution in [0.15, 0.2) is 42.6 Å². The minimum Gasteiger partial charge on any atom is -0.333 e. The summed E-state index contributed by atoms with van der Waals surface area (Å²) in [6.07, 6.45) is 2.82. The average molecular weight is 340 g/mol. The Bertz CT molecular complexity index is 741. The highest BCUT2D eigenvalue weighted by atomic mass is 16.2. The number of rotatable bonds is 4. The number of carbonyl (C=O) groups excluding carboxylic acids is 2. The van der Waals surface area contributed by atoms with Crippen LogP contribution in [0.25, 0.3) is 0 Å². The first kappa shape index (κ1) is 17.2. The van der Waals surface area contributed by atoms with E-state index in [1.54, 1.807) is 22.6 Å². The predicted molar refractivity (Wildman–Crippen MR) is 95.0 cm³/mol. The molecule has 0 bridgehead atoms. The maximum absolute atomic E-state index is 12.8. The number of amides is 2. The van der Waals surface area contributed by atoms with E-state index in [4.69, 9.17) is 0 Å². The summed E-state index contributed by atoms with van der Waals surface area (Å²) in [5, 5.41) is 4.37. The number of piperazine rings is 1. The van der Waals surface area contributed by atoms with Crippen molar-refractivity contribution in [2.45, 2.75) is 32.9 Å². The first-order chi connectivity index (χ1) is 12.1. The van der Waals surface area contributed by atoms with Gasteiger partial charge in [0, 0.05) is 39.3 Å². The lowest BCUT2D eigenvalue weighted by Crippen LogP contribution is -2.51. The first-order valence-electron chi connectivity index (χ1n) is 8.75. The summed E-state index contributed by atoms with van der Waals surface area (Å²) in [5.41, 5.74) is 1.52. The minimum absolute atomic E-state index is 0.0353. The molecule has 0 saturated carbocycles. The Labute approximate surface area is 148 Å². The lowest BCUT2D eigenvalue weighted by molar-refractivity contribution is -0.133. The number of hydrogen-bond donors (Lipinski definition) is 0. The molecule has 0 N–H and O–H groups in total. The number of benzene rings is 1. The SMILES string of the molecule is CCCn1ccc(C(=O)N2CCN(C(C)=O)[C@@H](c3ccccc3)C2)n1. The molecule has 1 atom stereocenters. The number of hydrogen-bond acceptors (Lipinski definition) is 3. The van der Waals surface area contributed by atoms with Crippen LogP contribution in [0.2, 0.25) is 0 Å². The summed E-state index contributed by atoms with van der Waals surface area (Å²) in [6.45, 7) is 6.02. The van der Waals surface area contributed by atoms with Crippen molar-refractivity contribution in [1.82, 2.24) is 19.6 Å². The number of nitrogens with zero attached hydrogens (tertiary/aromatic N) is 4. The molecule has 1 aromatic heterocycles. The van der Waals surface area contributed by atoms with E-state index in [-0.39, 0.29) is 17.9 Å². The molecule has 132 valence electrons. The molecule has 3 rings (SSSR count). The summed E-state index contributed by atoms with van der Waals surface area (Å²) in [5.74, 6) is -0.0350. The Morgan fingerprint density at radius 1 is 1.16 bits per heavy atom. The molecule has 0 unspecified atom stereocenters. The predicted octanol–water partition coefficient (Wildman–Crippen LogP) is 2.34. The van der Waals surface area contributed by atoms with Crippen LogP contribution < -0.4 is 0 Å². The van der Waals surface area contributed by atoms with Crippen LogP contribution in [-0.2, 0) is 11.3 Å². The Hall–Kier alpha value is -2.63. The number of aryl methyl sites for hydroxylation is 1. The highest BCUT2D eigenvalue weighted by Crippen LogP contribution is 2.26. The molecule has 0 radical (unpaired) electrons. The normalized spacial score (nSPS) is 17.6. The van der Waals surface area contributed by atoms with E-state index >= 15 is 0 Å². The van der Waals surface area contributed by atoms with E-state index in [1.165, 1.54) is 0 Å². The summed E-state index contributed by atoms with van der Waals surface area (Å²) in [7, 11) is 0. The molecule has 1 saturated heterocycles. The summed E-state index contributed by atoms with van der Waals surface area (Å²) in [4.78, 5) is 28.5. The zero-order chi connectivity index (χ0) is 17.8. The van der Waals surface area contributed by atoms with Crippen LogP contribution in [0.5, 0.6) is 0 Å². The number of aromatic nitrogens is 2. The topological polar surface area (TPSA) is 58.4 Å². The molecular weight excluding hydrogens is 316 g/mol. The van der Waals surface area contributed by atoms with Crippen molar-refractivity contribution < 1.29 is 9.59 Å². The fourth-order valence-corrected chi connectivity index (χ4v) is 3.30. The van der Waals surface area contributed by atoms with Gasteiger partial charge in [0.2, 0.25) is 5.91 Å². The average Bonchev–Trinajstić information content (AvgIpc) is 3.10. The number of carbonyl (C=O) groups is 2. The smallest absolute Gasteiger partial charge is 0.274 e. The molecule has 1 aromatic carbocycles.